The minimum Gasteiger partial charge on any atom is -0.497 e. The molecule has 2 aromatic heterocycles. The van der Waals surface area contributed by atoms with E-state index >= 15 is 0 Å². The summed E-state index contributed by atoms with van der Waals surface area (Å²) in [6.45, 7) is 1.96. The van der Waals surface area contributed by atoms with Gasteiger partial charge in [0.1, 0.15) is 5.75 Å². The van der Waals surface area contributed by atoms with Gasteiger partial charge in [-0.1, -0.05) is 0 Å². The summed E-state index contributed by atoms with van der Waals surface area (Å²) in [6.07, 6.45) is 2.16. The molecule has 0 spiro atoms. The fraction of sp³-hybridized carbons (Fsp3) is 0.235. The molecule has 1 amide bonds. The fourth-order valence-corrected chi connectivity index (χ4v) is 3.24. The van der Waals surface area contributed by atoms with E-state index in [0.717, 1.165) is 33.8 Å². The van der Waals surface area contributed by atoms with Crippen molar-refractivity contribution in [3.63, 3.8) is 0 Å². The van der Waals surface area contributed by atoms with Crippen molar-refractivity contribution in [2.24, 2.45) is 0 Å². The number of aromatic amines is 2. The average Bonchev–Trinajstić information content (AvgIpc) is 3.21. The van der Waals surface area contributed by atoms with Gasteiger partial charge in [-0.2, -0.15) is 10.2 Å². The van der Waals surface area contributed by atoms with Crippen LogP contribution in [0.2, 0.25) is 0 Å². The molecule has 0 bridgehead atoms. The van der Waals surface area contributed by atoms with Crippen LogP contribution in [-0.4, -0.2) is 33.4 Å². The number of carbonyl (C=O) groups excluding carboxylic acids is 1. The molecule has 0 radical (unpaired) electrons. The van der Waals surface area contributed by atoms with Crippen molar-refractivity contribution < 1.29 is 9.53 Å². The Bertz CT molecular complexity index is 894. The summed E-state index contributed by atoms with van der Waals surface area (Å²) < 4.78 is 5.21. The summed E-state index contributed by atoms with van der Waals surface area (Å²) in [6, 6.07) is 7.76. The van der Waals surface area contributed by atoms with E-state index in [1.54, 1.807) is 13.3 Å². The number of benzene rings is 1. The van der Waals surface area contributed by atoms with Gasteiger partial charge < -0.3 is 10.1 Å². The molecule has 0 saturated heterocycles. The molecular formula is C17H17N5O2. The molecule has 1 aromatic carbocycles. The van der Waals surface area contributed by atoms with Crippen LogP contribution in [0.1, 0.15) is 29.2 Å². The maximum atomic E-state index is 12.1. The van der Waals surface area contributed by atoms with Crippen LogP contribution in [0.25, 0.3) is 11.3 Å². The van der Waals surface area contributed by atoms with E-state index in [4.69, 9.17) is 4.74 Å². The van der Waals surface area contributed by atoms with Crippen LogP contribution in [0.4, 0.5) is 5.82 Å². The lowest BCUT2D eigenvalue weighted by atomic mass is 9.85. The van der Waals surface area contributed by atoms with Crippen molar-refractivity contribution >= 4 is 11.7 Å². The first kappa shape index (κ1) is 14.5. The lowest BCUT2D eigenvalue weighted by molar-refractivity contribution is -0.116. The highest BCUT2D eigenvalue weighted by atomic mass is 16.5. The van der Waals surface area contributed by atoms with E-state index in [1.165, 1.54) is 0 Å². The number of hydrogen-bond donors (Lipinski definition) is 3. The Balaban J connectivity index is 1.80. The highest BCUT2D eigenvalue weighted by molar-refractivity contribution is 5.94. The first-order valence-corrected chi connectivity index (χ1v) is 7.69. The van der Waals surface area contributed by atoms with Crippen LogP contribution < -0.4 is 10.1 Å². The standard InChI is InChI=1S/C17H17N5O2/c1-9-15-12(7-14(23)19-17(15)22-20-9)13-8-18-21-16(13)10-3-5-11(24-2)6-4-10/h3-6,8,12H,7H2,1-2H3,(H,18,21)(H2,19,20,22,23). The third-order valence-electron chi connectivity index (χ3n) is 4.41. The van der Waals surface area contributed by atoms with Crippen LogP contribution in [0.3, 0.4) is 0 Å². The largest absolute Gasteiger partial charge is 0.497 e. The molecule has 7 heteroatoms. The fourth-order valence-electron chi connectivity index (χ4n) is 3.24. The third-order valence-corrected chi connectivity index (χ3v) is 4.41. The lowest BCUT2D eigenvalue weighted by Crippen LogP contribution is -2.23. The Morgan fingerprint density at radius 2 is 2.00 bits per heavy atom. The van der Waals surface area contributed by atoms with Gasteiger partial charge in [0.25, 0.3) is 0 Å². The average molecular weight is 323 g/mol. The Morgan fingerprint density at radius 3 is 2.75 bits per heavy atom. The molecule has 122 valence electrons. The van der Waals surface area contributed by atoms with Gasteiger partial charge in [0.2, 0.25) is 5.91 Å². The number of anilines is 1. The molecular weight excluding hydrogens is 306 g/mol. The molecule has 24 heavy (non-hydrogen) atoms. The van der Waals surface area contributed by atoms with Crippen LogP contribution in [0.5, 0.6) is 5.75 Å². The van der Waals surface area contributed by atoms with Crippen LogP contribution >= 0.6 is 0 Å². The number of hydrogen-bond acceptors (Lipinski definition) is 4. The predicted molar refractivity (Wildman–Crippen MR) is 89.0 cm³/mol. The minimum atomic E-state index is -0.0802. The first-order valence-electron chi connectivity index (χ1n) is 7.69. The first-order chi connectivity index (χ1) is 11.7. The molecule has 4 rings (SSSR count). The monoisotopic (exact) mass is 323 g/mol. The maximum Gasteiger partial charge on any atom is 0.226 e. The summed E-state index contributed by atoms with van der Waals surface area (Å²) >= 11 is 0. The Labute approximate surface area is 138 Å². The quantitative estimate of drug-likeness (QED) is 0.690. The number of methoxy groups -OCH3 is 1. The molecule has 3 N–H and O–H groups in total. The zero-order valence-corrected chi connectivity index (χ0v) is 13.4. The molecule has 3 aromatic rings. The Hall–Kier alpha value is -3.09. The molecule has 1 aliphatic rings. The van der Waals surface area contributed by atoms with Gasteiger partial charge in [-0.25, -0.2) is 0 Å². The number of aromatic nitrogens is 4. The number of nitrogens with one attached hydrogen (secondary N) is 3. The topological polar surface area (TPSA) is 95.7 Å². The highest BCUT2D eigenvalue weighted by Gasteiger charge is 2.32. The molecule has 1 aliphatic heterocycles. The van der Waals surface area contributed by atoms with E-state index in [-0.39, 0.29) is 11.8 Å². The molecule has 1 atom stereocenters. The normalized spacial score (nSPS) is 16.6. The second kappa shape index (κ2) is 5.52. The van der Waals surface area contributed by atoms with Crippen LogP contribution in [-0.2, 0) is 4.79 Å². The van der Waals surface area contributed by atoms with Gasteiger partial charge in [0, 0.05) is 34.7 Å². The number of carbonyl (C=O) groups is 1. The number of aryl methyl sites for hydroxylation is 1. The number of fused-ring (bicyclic) bond motifs is 1. The van der Waals surface area contributed by atoms with E-state index in [2.05, 4.69) is 25.7 Å². The van der Waals surface area contributed by atoms with E-state index in [9.17, 15) is 4.79 Å². The Kier molecular flexibility index (Phi) is 3.34. The molecule has 3 heterocycles. The smallest absolute Gasteiger partial charge is 0.226 e. The van der Waals surface area contributed by atoms with Gasteiger partial charge in [-0.3, -0.25) is 15.0 Å². The van der Waals surface area contributed by atoms with Crippen molar-refractivity contribution in [3.8, 4) is 17.0 Å². The van der Waals surface area contributed by atoms with Gasteiger partial charge in [0.15, 0.2) is 5.82 Å². The van der Waals surface area contributed by atoms with Crippen molar-refractivity contribution in [1.29, 1.82) is 0 Å². The summed E-state index contributed by atoms with van der Waals surface area (Å²) in [5.41, 5.74) is 4.87. The number of amides is 1. The number of rotatable bonds is 3. The maximum absolute atomic E-state index is 12.1. The molecule has 7 nitrogen and oxygen atoms in total. The number of nitrogens with zero attached hydrogens (tertiary/aromatic N) is 2. The van der Waals surface area contributed by atoms with Crippen LogP contribution in [0.15, 0.2) is 30.5 Å². The summed E-state index contributed by atoms with van der Waals surface area (Å²) in [5, 5.41) is 17.2. The van der Waals surface area contributed by atoms with Gasteiger partial charge >= 0.3 is 0 Å². The zero-order valence-electron chi connectivity index (χ0n) is 13.4. The SMILES string of the molecule is COc1ccc(-c2[nH]ncc2C2CC(=O)Nc3n[nH]c(C)c32)cc1. The molecule has 0 fully saturated rings. The highest BCUT2D eigenvalue weighted by Crippen LogP contribution is 2.41. The van der Waals surface area contributed by atoms with Crippen molar-refractivity contribution in [2.45, 2.75) is 19.3 Å². The second-order valence-corrected chi connectivity index (χ2v) is 5.84. The molecule has 1 unspecified atom stereocenters. The summed E-state index contributed by atoms with van der Waals surface area (Å²) in [7, 11) is 1.64. The zero-order chi connectivity index (χ0) is 16.7. The van der Waals surface area contributed by atoms with Gasteiger partial charge in [-0.15, -0.1) is 0 Å². The number of H-pyrrole nitrogens is 2. The predicted octanol–water partition coefficient (Wildman–Crippen LogP) is 2.59. The number of ether oxygens (including phenoxy) is 1. The minimum absolute atomic E-state index is 0.0409. The van der Waals surface area contributed by atoms with E-state index in [0.29, 0.717) is 12.2 Å². The lowest BCUT2D eigenvalue weighted by Gasteiger charge is -2.22. The van der Waals surface area contributed by atoms with Crippen molar-refractivity contribution in [2.75, 3.05) is 12.4 Å². The Morgan fingerprint density at radius 1 is 1.21 bits per heavy atom. The van der Waals surface area contributed by atoms with Gasteiger partial charge in [0.05, 0.1) is 19.0 Å². The second-order valence-electron chi connectivity index (χ2n) is 5.84. The van der Waals surface area contributed by atoms with Gasteiger partial charge in [-0.05, 0) is 31.2 Å². The van der Waals surface area contributed by atoms with E-state index < -0.39 is 0 Å². The molecule has 0 saturated carbocycles. The molecule has 0 aliphatic carbocycles. The summed E-state index contributed by atoms with van der Waals surface area (Å²) in [4.78, 5) is 12.1. The third kappa shape index (κ3) is 2.25. The summed E-state index contributed by atoms with van der Waals surface area (Å²) in [5.74, 6) is 1.28. The van der Waals surface area contributed by atoms with Crippen LogP contribution in [0, 0.1) is 6.92 Å². The van der Waals surface area contributed by atoms with Crippen molar-refractivity contribution in [1.82, 2.24) is 20.4 Å². The van der Waals surface area contributed by atoms with E-state index in [1.807, 2.05) is 31.2 Å². The van der Waals surface area contributed by atoms with Crippen molar-refractivity contribution in [3.05, 3.63) is 47.3 Å².